The summed E-state index contributed by atoms with van der Waals surface area (Å²) >= 11 is 2.80. The minimum Gasteiger partial charge on any atom is -0.492 e. The predicted octanol–water partition coefficient (Wildman–Crippen LogP) is 6.29. The Balaban J connectivity index is 1.40. The quantitative estimate of drug-likeness (QED) is 0.149. The lowest BCUT2D eigenvalue weighted by atomic mass is 10.2. The van der Waals surface area contributed by atoms with Crippen LogP contribution in [0.3, 0.4) is 0 Å². The average Bonchev–Trinajstić information content (AvgIpc) is 3.47. The molecule has 0 radical (unpaired) electrons. The zero-order valence-corrected chi connectivity index (χ0v) is 22.8. The number of thioether (sulfide) groups is 1. The standard InChI is InChI=1S/C30H27N3O4S2/c1-2-37-27-16-7-6-15-25(27)32-28(34)20-39-23-13-8-12-22(18-23)31-30(36)26(19-24-14-9-17-38-24)33-29(35)21-10-4-3-5-11-21/h3-19H,2,20H2,1H3,(H,31,36)(H,32,34)(H,33,35)/b26-19-. The van der Waals surface area contributed by atoms with Crippen molar-refractivity contribution in [2.24, 2.45) is 0 Å². The highest BCUT2D eigenvalue weighted by molar-refractivity contribution is 8.00. The monoisotopic (exact) mass is 557 g/mol. The van der Waals surface area contributed by atoms with Crippen LogP contribution in [0.5, 0.6) is 5.75 Å². The van der Waals surface area contributed by atoms with Crippen LogP contribution in [0.25, 0.3) is 6.08 Å². The molecule has 3 aromatic carbocycles. The smallest absolute Gasteiger partial charge is 0.272 e. The van der Waals surface area contributed by atoms with Gasteiger partial charge in [0.05, 0.1) is 18.0 Å². The van der Waals surface area contributed by atoms with Crippen LogP contribution in [-0.4, -0.2) is 30.1 Å². The van der Waals surface area contributed by atoms with Crippen LogP contribution in [0.4, 0.5) is 11.4 Å². The maximum absolute atomic E-state index is 13.2. The molecule has 0 spiro atoms. The average molecular weight is 558 g/mol. The zero-order valence-electron chi connectivity index (χ0n) is 21.2. The summed E-state index contributed by atoms with van der Waals surface area (Å²) in [5, 5.41) is 10.4. The van der Waals surface area contributed by atoms with Crippen molar-refractivity contribution in [1.29, 1.82) is 0 Å². The molecule has 9 heteroatoms. The predicted molar refractivity (Wildman–Crippen MR) is 158 cm³/mol. The molecule has 0 unspecified atom stereocenters. The molecule has 0 atom stereocenters. The summed E-state index contributed by atoms with van der Waals surface area (Å²) < 4.78 is 5.56. The molecule has 198 valence electrons. The van der Waals surface area contributed by atoms with E-state index in [0.717, 1.165) is 9.77 Å². The van der Waals surface area contributed by atoms with E-state index in [0.29, 0.717) is 29.3 Å². The van der Waals surface area contributed by atoms with E-state index in [9.17, 15) is 14.4 Å². The van der Waals surface area contributed by atoms with E-state index < -0.39 is 5.91 Å². The van der Waals surface area contributed by atoms with Crippen molar-refractivity contribution in [1.82, 2.24) is 5.32 Å². The first-order chi connectivity index (χ1) is 19.0. The van der Waals surface area contributed by atoms with Crippen molar-refractivity contribution in [2.45, 2.75) is 11.8 Å². The molecule has 0 fully saturated rings. The number of para-hydroxylation sites is 2. The van der Waals surface area contributed by atoms with Crippen LogP contribution in [-0.2, 0) is 9.59 Å². The van der Waals surface area contributed by atoms with Gasteiger partial charge in [0.2, 0.25) is 5.91 Å². The third kappa shape index (κ3) is 8.33. The second-order valence-corrected chi connectivity index (χ2v) is 10.2. The zero-order chi connectivity index (χ0) is 27.5. The van der Waals surface area contributed by atoms with Gasteiger partial charge >= 0.3 is 0 Å². The van der Waals surface area contributed by atoms with E-state index in [1.54, 1.807) is 54.6 Å². The molecule has 3 N–H and O–H groups in total. The summed E-state index contributed by atoms with van der Waals surface area (Å²) in [5.74, 6) is -0.218. The molecule has 0 aliphatic carbocycles. The van der Waals surface area contributed by atoms with Crippen molar-refractivity contribution in [3.8, 4) is 5.75 Å². The Bertz CT molecular complexity index is 1450. The summed E-state index contributed by atoms with van der Waals surface area (Å²) in [5.41, 5.74) is 1.73. The lowest BCUT2D eigenvalue weighted by Crippen LogP contribution is -2.30. The van der Waals surface area contributed by atoms with Crippen molar-refractivity contribution >= 4 is 58.3 Å². The first-order valence-corrected chi connectivity index (χ1v) is 14.1. The van der Waals surface area contributed by atoms with Gasteiger partial charge in [0, 0.05) is 21.0 Å². The highest BCUT2D eigenvalue weighted by Crippen LogP contribution is 2.26. The van der Waals surface area contributed by atoms with Crippen LogP contribution < -0.4 is 20.7 Å². The Morgan fingerprint density at radius 3 is 2.46 bits per heavy atom. The fraction of sp³-hybridized carbons (Fsp3) is 0.100. The minimum absolute atomic E-state index is 0.122. The fourth-order valence-corrected chi connectivity index (χ4v) is 4.92. The highest BCUT2D eigenvalue weighted by atomic mass is 32.2. The summed E-state index contributed by atoms with van der Waals surface area (Å²) in [6, 6.07) is 26.9. The van der Waals surface area contributed by atoms with E-state index in [1.165, 1.54) is 23.1 Å². The van der Waals surface area contributed by atoms with Gasteiger partial charge in [-0.2, -0.15) is 0 Å². The number of thiophene rings is 1. The van der Waals surface area contributed by atoms with E-state index in [1.807, 2.05) is 54.8 Å². The molecule has 4 rings (SSSR count). The molecule has 0 aliphatic heterocycles. The number of ether oxygens (including phenoxy) is 1. The lowest BCUT2D eigenvalue weighted by Gasteiger charge is -2.12. The topological polar surface area (TPSA) is 96.5 Å². The minimum atomic E-state index is -0.458. The SMILES string of the molecule is CCOc1ccccc1NC(=O)CSc1cccc(NC(=O)/C(=C/c2cccs2)NC(=O)c2ccccc2)c1. The van der Waals surface area contributed by atoms with Crippen LogP contribution >= 0.6 is 23.1 Å². The summed E-state index contributed by atoms with van der Waals surface area (Å²) in [4.78, 5) is 40.1. The normalized spacial score (nSPS) is 10.9. The van der Waals surface area contributed by atoms with Crippen molar-refractivity contribution in [2.75, 3.05) is 23.0 Å². The number of rotatable bonds is 11. The number of anilines is 2. The number of nitrogens with one attached hydrogen (secondary N) is 3. The van der Waals surface area contributed by atoms with Crippen LogP contribution in [0.15, 0.2) is 107 Å². The first kappa shape index (κ1) is 27.7. The first-order valence-electron chi connectivity index (χ1n) is 12.2. The van der Waals surface area contributed by atoms with Crippen LogP contribution in [0, 0.1) is 0 Å². The number of hydrogen-bond acceptors (Lipinski definition) is 6. The van der Waals surface area contributed by atoms with Gasteiger partial charge in [0.15, 0.2) is 0 Å². The van der Waals surface area contributed by atoms with Gasteiger partial charge in [-0.15, -0.1) is 23.1 Å². The van der Waals surface area contributed by atoms with Crippen molar-refractivity contribution in [3.05, 3.63) is 113 Å². The Hall–Kier alpha value is -4.34. The second kappa shape index (κ2) is 14.0. The fourth-order valence-electron chi connectivity index (χ4n) is 3.51. The molecular formula is C30H27N3O4S2. The molecule has 0 saturated heterocycles. The largest absolute Gasteiger partial charge is 0.492 e. The van der Waals surface area contributed by atoms with Crippen LogP contribution in [0.1, 0.15) is 22.2 Å². The molecule has 0 saturated carbocycles. The summed E-state index contributed by atoms with van der Waals surface area (Å²) in [7, 11) is 0. The second-order valence-electron chi connectivity index (χ2n) is 8.14. The molecule has 7 nitrogen and oxygen atoms in total. The van der Waals surface area contributed by atoms with Crippen molar-refractivity contribution < 1.29 is 19.1 Å². The van der Waals surface area contributed by atoms with Gasteiger partial charge in [-0.05, 0) is 66.9 Å². The molecule has 1 aromatic heterocycles. The number of amides is 3. The third-order valence-corrected chi connectivity index (χ3v) is 7.09. The molecule has 39 heavy (non-hydrogen) atoms. The van der Waals surface area contributed by atoms with Gasteiger partial charge in [0.1, 0.15) is 11.4 Å². The van der Waals surface area contributed by atoms with E-state index >= 15 is 0 Å². The molecule has 0 bridgehead atoms. The molecule has 3 amide bonds. The Morgan fingerprint density at radius 1 is 0.897 bits per heavy atom. The molecule has 1 heterocycles. The molecule has 4 aromatic rings. The Labute approximate surface area is 235 Å². The van der Waals surface area contributed by atoms with Crippen LogP contribution in [0.2, 0.25) is 0 Å². The summed E-state index contributed by atoms with van der Waals surface area (Å²) in [6.07, 6.45) is 1.64. The maximum Gasteiger partial charge on any atom is 0.272 e. The Morgan fingerprint density at radius 2 is 1.69 bits per heavy atom. The van der Waals surface area contributed by atoms with Gasteiger partial charge < -0.3 is 20.7 Å². The van der Waals surface area contributed by atoms with Crippen molar-refractivity contribution in [3.63, 3.8) is 0 Å². The molecule has 0 aliphatic rings. The highest BCUT2D eigenvalue weighted by Gasteiger charge is 2.16. The van der Waals surface area contributed by atoms with Gasteiger partial charge in [0.25, 0.3) is 11.8 Å². The van der Waals surface area contributed by atoms with E-state index in [4.69, 9.17) is 4.74 Å². The van der Waals surface area contributed by atoms with E-state index in [2.05, 4.69) is 16.0 Å². The summed E-state index contributed by atoms with van der Waals surface area (Å²) in [6.45, 7) is 2.39. The number of carbonyl (C=O) groups excluding carboxylic acids is 3. The number of hydrogen-bond donors (Lipinski definition) is 3. The maximum atomic E-state index is 13.2. The Kier molecular flexibility index (Phi) is 9.93. The van der Waals surface area contributed by atoms with Gasteiger partial charge in [-0.1, -0.05) is 42.5 Å². The van der Waals surface area contributed by atoms with E-state index in [-0.39, 0.29) is 23.3 Å². The number of benzene rings is 3. The van der Waals surface area contributed by atoms with Gasteiger partial charge in [-0.25, -0.2) is 0 Å². The third-order valence-electron chi connectivity index (χ3n) is 5.28. The van der Waals surface area contributed by atoms with Gasteiger partial charge in [-0.3, -0.25) is 14.4 Å². The number of carbonyl (C=O) groups is 3. The molecular weight excluding hydrogens is 530 g/mol. The lowest BCUT2D eigenvalue weighted by molar-refractivity contribution is -0.114.